The van der Waals surface area contributed by atoms with Crippen LogP contribution in [0.3, 0.4) is 0 Å². The highest BCUT2D eigenvalue weighted by Crippen LogP contribution is 2.45. The van der Waals surface area contributed by atoms with E-state index in [9.17, 15) is 9.59 Å². The van der Waals surface area contributed by atoms with Gasteiger partial charge < -0.3 is 10.0 Å². The van der Waals surface area contributed by atoms with E-state index in [-0.39, 0.29) is 18.4 Å². The first-order chi connectivity index (χ1) is 10.1. The number of nitrogens with zero attached hydrogens (tertiary/aromatic N) is 2. The van der Waals surface area contributed by atoms with Gasteiger partial charge in [-0.25, -0.2) is 4.79 Å². The van der Waals surface area contributed by atoms with Gasteiger partial charge in [-0.3, -0.25) is 9.69 Å². The molecule has 1 saturated heterocycles. The number of hydrogen-bond donors (Lipinski definition) is 1. The van der Waals surface area contributed by atoms with Crippen LogP contribution < -0.4 is 4.90 Å². The van der Waals surface area contributed by atoms with Gasteiger partial charge in [-0.2, -0.15) is 0 Å². The third-order valence-corrected chi connectivity index (χ3v) is 4.41. The highest BCUT2D eigenvalue weighted by molar-refractivity contribution is 5.94. The van der Waals surface area contributed by atoms with Gasteiger partial charge in [0.05, 0.1) is 6.42 Å². The number of urea groups is 1. The average Bonchev–Trinajstić information content (AvgIpc) is 3.24. The van der Waals surface area contributed by atoms with Crippen molar-refractivity contribution in [3.63, 3.8) is 0 Å². The summed E-state index contributed by atoms with van der Waals surface area (Å²) in [5.41, 5.74) is 1.91. The molecule has 2 fully saturated rings. The summed E-state index contributed by atoms with van der Waals surface area (Å²) in [5, 5.41) is 9.11. The van der Waals surface area contributed by atoms with Gasteiger partial charge in [-0.05, 0) is 42.4 Å². The lowest BCUT2D eigenvalue weighted by Crippen LogP contribution is -2.29. The van der Waals surface area contributed by atoms with Crippen LogP contribution in [0.25, 0.3) is 0 Å². The van der Waals surface area contributed by atoms with Crippen LogP contribution in [0.1, 0.15) is 30.7 Å². The third-order valence-electron chi connectivity index (χ3n) is 4.41. The molecule has 2 amide bonds. The molecule has 1 N–H and O–H groups in total. The second kappa shape index (κ2) is 5.39. The predicted octanol–water partition coefficient (Wildman–Crippen LogP) is 2.53. The van der Waals surface area contributed by atoms with Gasteiger partial charge in [-0.15, -0.1) is 0 Å². The molecule has 5 heteroatoms. The van der Waals surface area contributed by atoms with Crippen LogP contribution in [-0.4, -0.2) is 42.1 Å². The van der Waals surface area contributed by atoms with E-state index in [4.69, 9.17) is 5.11 Å². The Morgan fingerprint density at radius 2 is 2.14 bits per heavy atom. The molecule has 1 aromatic rings. The Bertz CT molecular complexity index is 568. The van der Waals surface area contributed by atoms with E-state index in [0.29, 0.717) is 12.5 Å². The largest absolute Gasteiger partial charge is 0.481 e. The zero-order valence-electron chi connectivity index (χ0n) is 12.2. The SMILES string of the molecule is CN1CCN(c2cccc(C(CC(=O)O)C3CC3)c2)C1=O. The molecule has 1 aliphatic carbocycles. The van der Waals surface area contributed by atoms with Crippen LogP contribution in [-0.2, 0) is 4.79 Å². The van der Waals surface area contributed by atoms with Crippen LogP contribution in [0, 0.1) is 5.92 Å². The summed E-state index contributed by atoms with van der Waals surface area (Å²) in [5.74, 6) is -0.208. The lowest BCUT2D eigenvalue weighted by atomic mass is 9.90. The number of aliphatic carboxylic acids is 1. The Labute approximate surface area is 124 Å². The Hall–Kier alpha value is -2.04. The number of carboxylic acids is 1. The van der Waals surface area contributed by atoms with Crippen molar-refractivity contribution < 1.29 is 14.7 Å². The highest BCUT2D eigenvalue weighted by Gasteiger charge is 2.34. The minimum absolute atomic E-state index is 0.00774. The molecular formula is C16H20N2O3. The van der Waals surface area contributed by atoms with Gasteiger partial charge in [0.1, 0.15) is 0 Å². The molecule has 0 aromatic heterocycles. The van der Waals surface area contributed by atoms with Crippen molar-refractivity contribution in [3.05, 3.63) is 29.8 Å². The number of rotatable bonds is 5. The summed E-state index contributed by atoms with van der Waals surface area (Å²) < 4.78 is 0. The van der Waals surface area contributed by atoms with Gasteiger partial charge in [0.15, 0.2) is 0 Å². The summed E-state index contributed by atoms with van der Waals surface area (Å²) in [6.45, 7) is 1.41. The molecule has 1 saturated carbocycles. The normalized spacial score (nSPS) is 20.0. The van der Waals surface area contributed by atoms with Gasteiger partial charge in [0.25, 0.3) is 0 Å². The summed E-state index contributed by atoms with van der Waals surface area (Å²) >= 11 is 0. The number of likely N-dealkylation sites (N-methyl/N-ethyl adjacent to an activating group) is 1. The lowest BCUT2D eigenvalue weighted by molar-refractivity contribution is -0.137. The second-order valence-corrected chi connectivity index (χ2v) is 5.99. The fourth-order valence-corrected chi connectivity index (χ4v) is 3.05. The van der Waals surface area contributed by atoms with E-state index in [1.165, 1.54) is 0 Å². The van der Waals surface area contributed by atoms with Crippen LogP contribution in [0.5, 0.6) is 0 Å². The molecule has 2 aliphatic rings. The Balaban J connectivity index is 1.85. The van der Waals surface area contributed by atoms with E-state index in [1.807, 2.05) is 24.3 Å². The van der Waals surface area contributed by atoms with Gasteiger partial charge in [-0.1, -0.05) is 12.1 Å². The summed E-state index contributed by atoms with van der Waals surface area (Å²) in [6.07, 6.45) is 2.38. The summed E-state index contributed by atoms with van der Waals surface area (Å²) in [7, 11) is 1.80. The summed E-state index contributed by atoms with van der Waals surface area (Å²) in [6, 6.07) is 7.83. The molecule has 21 heavy (non-hydrogen) atoms. The monoisotopic (exact) mass is 288 g/mol. The molecule has 0 spiro atoms. The zero-order valence-corrected chi connectivity index (χ0v) is 12.2. The smallest absolute Gasteiger partial charge is 0.324 e. The average molecular weight is 288 g/mol. The van der Waals surface area contributed by atoms with Crippen LogP contribution in [0.15, 0.2) is 24.3 Å². The van der Waals surface area contributed by atoms with E-state index in [1.54, 1.807) is 16.8 Å². The second-order valence-electron chi connectivity index (χ2n) is 5.99. The fraction of sp³-hybridized carbons (Fsp3) is 0.500. The molecule has 1 unspecified atom stereocenters. The van der Waals surface area contributed by atoms with Crippen LogP contribution in [0.4, 0.5) is 10.5 Å². The van der Waals surface area contributed by atoms with Crippen molar-refractivity contribution in [2.24, 2.45) is 5.92 Å². The molecule has 0 radical (unpaired) electrons. The maximum Gasteiger partial charge on any atom is 0.324 e. The van der Waals surface area contributed by atoms with Crippen molar-refractivity contribution in [1.82, 2.24) is 4.90 Å². The van der Waals surface area contributed by atoms with Gasteiger partial charge in [0.2, 0.25) is 0 Å². The molecule has 0 bridgehead atoms. The van der Waals surface area contributed by atoms with Crippen molar-refractivity contribution in [2.75, 3.05) is 25.0 Å². The van der Waals surface area contributed by atoms with Crippen LogP contribution >= 0.6 is 0 Å². The van der Waals surface area contributed by atoms with Crippen molar-refractivity contribution >= 4 is 17.7 Å². The van der Waals surface area contributed by atoms with Gasteiger partial charge in [0, 0.05) is 25.8 Å². The maximum absolute atomic E-state index is 12.1. The summed E-state index contributed by atoms with van der Waals surface area (Å²) in [4.78, 5) is 26.6. The quantitative estimate of drug-likeness (QED) is 0.905. The topological polar surface area (TPSA) is 60.9 Å². The molecule has 1 aliphatic heterocycles. The molecule has 112 valence electrons. The third kappa shape index (κ3) is 2.86. The maximum atomic E-state index is 12.1. The first-order valence-electron chi connectivity index (χ1n) is 7.40. The lowest BCUT2D eigenvalue weighted by Gasteiger charge is -2.20. The number of hydrogen-bond acceptors (Lipinski definition) is 2. The van der Waals surface area contributed by atoms with E-state index >= 15 is 0 Å². The van der Waals surface area contributed by atoms with Crippen LogP contribution in [0.2, 0.25) is 0 Å². The number of carbonyl (C=O) groups excluding carboxylic acids is 1. The minimum atomic E-state index is -0.755. The molecule has 1 aromatic carbocycles. The zero-order chi connectivity index (χ0) is 15.0. The first kappa shape index (κ1) is 13.9. The molecule has 1 atom stereocenters. The molecule has 1 heterocycles. The molecule has 5 nitrogen and oxygen atoms in total. The van der Waals surface area contributed by atoms with Crippen molar-refractivity contribution in [3.8, 4) is 0 Å². The number of benzene rings is 1. The van der Waals surface area contributed by atoms with Crippen molar-refractivity contribution in [2.45, 2.75) is 25.2 Å². The Morgan fingerprint density at radius 3 is 2.71 bits per heavy atom. The number of amides is 2. The first-order valence-corrected chi connectivity index (χ1v) is 7.40. The number of carbonyl (C=O) groups is 2. The van der Waals surface area contributed by atoms with E-state index in [2.05, 4.69) is 0 Å². The highest BCUT2D eigenvalue weighted by atomic mass is 16.4. The Morgan fingerprint density at radius 1 is 1.38 bits per heavy atom. The Kier molecular flexibility index (Phi) is 3.57. The van der Waals surface area contributed by atoms with E-state index in [0.717, 1.165) is 30.6 Å². The van der Waals surface area contributed by atoms with Gasteiger partial charge >= 0.3 is 12.0 Å². The molecular weight excluding hydrogens is 268 g/mol. The number of anilines is 1. The minimum Gasteiger partial charge on any atom is -0.481 e. The standard InChI is InChI=1S/C16H20N2O3/c1-17-7-8-18(16(17)21)13-4-2-3-12(9-13)14(10-15(19)20)11-5-6-11/h2-4,9,11,14H,5-8,10H2,1H3,(H,19,20). The fourth-order valence-electron chi connectivity index (χ4n) is 3.05. The predicted molar refractivity (Wildman–Crippen MR) is 79.5 cm³/mol. The number of carboxylic acid groups (broad SMARTS) is 1. The van der Waals surface area contributed by atoms with E-state index < -0.39 is 5.97 Å². The van der Waals surface area contributed by atoms with Crippen molar-refractivity contribution in [1.29, 1.82) is 0 Å². The molecule has 3 rings (SSSR count).